The first-order valence-corrected chi connectivity index (χ1v) is 8.74. The molecule has 0 saturated carbocycles. The van der Waals surface area contributed by atoms with Crippen LogP contribution in [0.15, 0.2) is 48.6 Å². The van der Waals surface area contributed by atoms with Gasteiger partial charge in [-0.2, -0.15) is 0 Å². The van der Waals surface area contributed by atoms with Crippen molar-refractivity contribution in [1.29, 1.82) is 0 Å². The summed E-state index contributed by atoms with van der Waals surface area (Å²) >= 11 is 0. The summed E-state index contributed by atoms with van der Waals surface area (Å²) in [5, 5.41) is 18.3. The van der Waals surface area contributed by atoms with Crippen LogP contribution in [0.5, 0.6) is 0 Å². The average Bonchev–Trinajstić information content (AvgIpc) is 2.52. The summed E-state index contributed by atoms with van der Waals surface area (Å²) in [5.41, 5.74) is 0. The number of rotatable bonds is 14. The van der Waals surface area contributed by atoms with Gasteiger partial charge in [0, 0.05) is 6.08 Å². The molecule has 3 heteroatoms. The van der Waals surface area contributed by atoms with Crippen LogP contribution in [0.2, 0.25) is 0 Å². The molecular weight excluding hydrogens is 288 g/mol. The molecule has 130 valence electrons. The average molecular weight is 320 g/mol. The predicted molar refractivity (Wildman–Crippen MR) is 97.4 cm³/mol. The highest BCUT2D eigenvalue weighted by Crippen LogP contribution is 2.11. The minimum Gasteiger partial charge on any atom is -0.478 e. The van der Waals surface area contributed by atoms with Crippen LogP contribution in [0, 0.1) is 0 Å². The Morgan fingerprint density at radius 1 is 0.870 bits per heavy atom. The maximum Gasteiger partial charge on any atom is 0.328 e. The number of carboxylic acid groups (broad SMARTS) is 1. The molecule has 0 amide bonds. The van der Waals surface area contributed by atoms with Crippen molar-refractivity contribution in [1.82, 2.24) is 0 Å². The van der Waals surface area contributed by atoms with Crippen molar-refractivity contribution in [3.05, 3.63) is 48.6 Å². The monoisotopic (exact) mass is 320 g/mol. The summed E-state index contributed by atoms with van der Waals surface area (Å²) in [6, 6.07) is 0. The molecule has 1 atom stereocenters. The third-order valence-electron chi connectivity index (χ3n) is 3.49. The van der Waals surface area contributed by atoms with E-state index in [1.54, 1.807) is 12.2 Å². The molecule has 0 aliphatic heterocycles. The van der Waals surface area contributed by atoms with Crippen molar-refractivity contribution in [2.45, 2.75) is 70.8 Å². The first-order chi connectivity index (χ1) is 11.2. The molecule has 0 bridgehead atoms. The lowest BCUT2D eigenvalue weighted by atomic mass is 10.0. The molecule has 0 fully saturated rings. The second-order valence-electron chi connectivity index (χ2n) is 5.68. The predicted octanol–water partition coefficient (Wildman–Crippen LogP) is 5.19. The molecule has 0 saturated heterocycles. The summed E-state index contributed by atoms with van der Waals surface area (Å²) in [6.07, 6.45) is 23.7. The Balaban J connectivity index is 3.55. The van der Waals surface area contributed by atoms with Crippen LogP contribution in [0.25, 0.3) is 0 Å². The molecule has 0 aromatic rings. The Morgan fingerprint density at radius 2 is 1.48 bits per heavy atom. The van der Waals surface area contributed by atoms with Gasteiger partial charge in [0.2, 0.25) is 0 Å². The highest BCUT2D eigenvalue weighted by atomic mass is 16.4. The minimum atomic E-state index is -0.946. The van der Waals surface area contributed by atoms with Gasteiger partial charge in [0.25, 0.3) is 0 Å². The largest absolute Gasteiger partial charge is 0.478 e. The first-order valence-electron chi connectivity index (χ1n) is 8.74. The molecule has 0 aliphatic carbocycles. The van der Waals surface area contributed by atoms with Gasteiger partial charge in [-0.15, -0.1) is 0 Å². The number of allylic oxidation sites excluding steroid dienone is 7. The van der Waals surface area contributed by atoms with Crippen LogP contribution >= 0.6 is 0 Å². The SMILES string of the molecule is CCCCCCCCC(O)CCC=CC=CC=CC=CC(=O)O. The number of aliphatic hydroxyl groups is 1. The second-order valence-corrected chi connectivity index (χ2v) is 5.68. The molecule has 0 aliphatic rings. The van der Waals surface area contributed by atoms with Crippen LogP contribution in [-0.4, -0.2) is 22.3 Å². The zero-order valence-electron chi connectivity index (χ0n) is 14.4. The van der Waals surface area contributed by atoms with Gasteiger partial charge in [0.1, 0.15) is 0 Å². The van der Waals surface area contributed by atoms with Crippen molar-refractivity contribution in [2.24, 2.45) is 0 Å². The fourth-order valence-corrected chi connectivity index (χ4v) is 2.16. The van der Waals surface area contributed by atoms with E-state index in [1.165, 1.54) is 38.2 Å². The lowest BCUT2D eigenvalue weighted by Gasteiger charge is -2.08. The fraction of sp³-hybridized carbons (Fsp3) is 0.550. The number of aliphatic carboxylic acids is 1. The molecule has 0 aromatic carbocycles. The van der Waals surface area contributed by atoms with Crippen LogP contribution in [0.3, 0.4) is 0 Å². The smallest absolute Gasteiger partial charge is 0.328 e. The zero-order valence-corrected chi connectivity index (χ0v) is 14.4. The molecule has 1 unspecified atom stereocenters. The Kier molecular flexibility index (Phi) is 15.6. The maximum absolute atomic E-state index is 10.2. The van der Waals surface area contributed by atoms with Gasteiger partial charge in [0.15, 0.2) is 0 Å². The van der Waals surface area contributed by atoms with Gasteiger partial charge in [-0.25, -0.2) is 4.79 Å². The van der Waals surface area contributed by atoms with E-state index in [-0.39, 0.29) is 6.10 Å². The van der Waals surface area contributed by atoms with Crippen LogP contribution in [0.4, 0.5) is 0 Å². The third-order valence-corrected chi connectivity index (χ3v) is 3.49. The quantitative estimate of drug-likeness (QED) is 0.263. The fourth-order valence-electron chi connectivity index (χ4n) is 2.16. The Morgan fingerprint density at radius 3 is 2.17 bits per heavy atom. The molecular formula is C20H32O3. The van der Waals surface area contributed by atoms with Crippen molar-refractivity contribution < 1.29 is 15.0 Å². The first kappa shape index (κ1) is 21.4. The number of carbonyl (C=O) groups is 1. The van der Waals surface area contributed by atoms with Crippen LogP contribution < -0.4 is 0 Å². The standard InChI is InChI=1S/C20H32O3/c1-2-3-4-5-10-13-16-19(21)17-14-11-8-6-7-9-12-15-18-20(22)23/h6-9,11-12,15,18-19,21H,2-5,10,13-14,16-17H2,1H3,(H,22,23). The van der Waals surface area contributed by atoms with E-state index in [4.69, 9.17) is 5.11 Å². The summed E-state index contributed by atoms with van der Waals surface area (Å²) in [7, 11) is 0. The van der Waals surface area contributed by atoms with Gasteiger partial charge >= 0.3 is 5.97 Å². The maximum atomic E-state index is 10.2. The molecule has 0 rings (SSSR count). The van der Waals surface area contributed by atoms with Crippen molar-refractivity contribution in [2.75, 3.05) is 0 Å². The summed E-state index contributed by atoms with van der Waals surface area (Å²) < 4.78 is 0. The zero-order chi connectivity index (χ0) is 17.2. The number of unbranched alkanes of at least 4 members (excludes halogenated alkanes) is 5. The van der Waals surface area contributed by atoms with E-state index in [1.807, 2.05) is 24.3 Å². The molecule has 0 radical (unpaired) electrons. The molecule has 0 spiro atoms. The van der Waals surface area contributed by atoms with E-state index in [9.17, 15) is 9.90 Å². The van der Waals surface area contributed by atoms with E-state index in [0.29, 0.717) is 0 Å². The Hall–Kier alpha value is -1.61. The van der Waals surface area contributed by atoms with E-state index >= 15 is 0 Å². The number of aliphatic hydroxyl groups excluding tert-OH is 1. The van der Waals surface area contributed by atoms with Crippen LogP contribution in [-0.2, 0) is 4.79 Å². The van der Waals surface area contributed by atoms with E-state index in [2.05, 4.69) is 6.92 Å². The topological polar surface area (TPSA) is 57.5 Å². The number of carboxylic acids is 1. The van der Waals surface area contributed by atoms with Crippen LogP contribution in [0.1, 0.15) is 64.7 Å². The van der Waals surface area contributed by atoms with E-state index < -0.39 is 5.97 Å². The van der Waals surface area contributed by atoms with Crippen molar-refractivity contribution >= 4 is 5.97 Å². The Labute approximate surface area is 141 Å². The number of hydrogen-bond acceptors (Lipinski definition) is 2. The lowest BCUT2D eigenvalue weighted by Crippen LogP contribution is -2.05. The summed E-state index contributed by atoms with van der Waals surface area (Å²) in [5.74, 6) is -0.946. The van der Waals surface area contributed by atoms with Crippen molar-refractivity contribution in [3.63, 3.8) is 0 Å². The van der Waals surface area contributed by atoms with Gasteiger partial charge in [0.05, 0.1) is 6.10 Å². The molecule has 2 N–H and O–H groups in total. The van der Waals surface area contributed by atoms with Crippen molar-refractivity contribution in [3.8, 4) is 0 Å². The van der Waals surface area contributed by atoms with E-state index in [0.717, 1.165) is 31.8 Å². The van der Waals surface area contributed by atoms with Gasteiger partial charge in [-0.1, -0.05) is 88.0 Å². The second kappa shape index (κ2) is 16.8. The number of hydrogen-bond donors (Lipinski definition) is 2. The van der Waals surface area contributed by atoms with Gasteiger partial charge < -0.3 is 10.2 Å². The molecule has 3 nitrogen and oxygen atoms in total. The van der Waals surface area contributed by atoms with Gasteiger partial charge in [-0.05, 0) is 19.3 Å². The highest BCUT2D eigenvalue weighted by Gasteiger charge is 2.01. The minimum absolute atomic E-state index is 0.184. The van der Waals surface area contributed by atoms with Gasteiger partial charge in [-0.3, -0.25) is 0 Å². The molecule has 0 aromatic heterocycles. The normalized spacial score (nSPS) is 13.8. The highest BCUT2D eigenvalue weighted by molar-refractivity contribution is 5.80. The summed E-state index contributed by atoms with van der Waals surface area (Å²) in [6.45, 7) is 2.22. The third kappa shape index (κ3) is 18.3. The molecule has 23 heavy (non-hydrogen) atoms. The lowest BCUT2D eigenvalue weighted by molar-refractivity contribution is -0.131. The Bertz CT molecular complexity index is 392. The molecule has 0 heterocycles. The summed E-state index contributed by atoms with van der Waals surface area (Å²) in [4.78, 5) is 10.2.